The third-order valence-corrected chi connectivity index (χ3v) is 1.46. The Labute approximate surface area is 79.8 Å². The van der Waals surface area contributed by atoms with Crippen LogP contribution in [-0.2, 0) is 0 Å². The van der Waals surface area contributed by atoms with Crippen LogP contribution in [0.2, 0.25) is 0 Å². The van der Waals surface area contributed by atoms with E-state index in [0.29, 0.717) is 19.3 Å². The minimum absolute atomic E-state index is 0.115. The van der Waals surface area contributed by atoms with Gasteiger partial charge in [0.05, 0.1) is 18.8 Å². The van der Waals surface area contributed by atoms with E-state index in [9.17, 15) is 0 Å². The Bertz CT molecular complexity index is 81.7. The number of hydrogen-bond acceptors (Lipinski definition) is 4. The SMILES string of the molecule is CC(O)CCCO.CCC(O)CO. The lowest BCUT2D eigenvalue weighted by Crippen LogP contribution is -2.08. The van der Waals surface area contributed by atoms with Crippen molar-refractivity contribution in [3.8, 4) is 0 Å². The fourth-order valence-corrected chi connectivity index (χ4v) is 0.516. The van der Waals surface area contributed by atoms with Crippen molar-refractivity contribution in [1.82, 2.24) is 0 Å². The first kappa shape index (κ1) is 15.3. The van der Waals surface area contributed by atoms with Gasteiger partial charge in [-0.15, -0.1) is 0 Å². The highest BCUT2D eigenvalue weighted by molar-refractivity contribution is 4.44. The Hall–Kier alpha value is -0.160. The minimum atomic E-state index is -0.509. The molecule has 0 aromatic heterocycles. The average molecular weight is 194 g/mol. The van der Waals surface area contributed by atoms with Crippen LogP contribution in [0.1, 0.15) is 33.1 Å². The molecule has 4 heteroatoms. The van der Waals surface area contributed by atoms with Crippen LogP contribution in [0.25, 0.3) is 0 Å². The molecule has 0 aliphatic carbocycles. The molecule has 2 atom stereocenters. The highest BCUT2D eigenvalue weighted by atomic mass is 16.3. The summed E-state index contributed by atoms with van der Waals surface area (Å²) in [6.07, 6.45) is 1.28. The molecule has 0 fully saturated rings. The van der Waals surface area contributed by atoms with Crippen molar-refractivity contribution in [3.05, 3.63) is 0 Å². The number of aliphatic hydroxyl groups is 4. The lowest BCUT2D eigenvalue weighted by atomic mass is 10.2. The van der Waals surface area contributed by atoms with Gasteiger partial charge >= 0.3 is 0 Å². The summed E-state index contributed by atoms with van der Waals surface area (Å²) < 4.78 is 0. The molecule has 0 radical (unpaired) electrons. The summed E-state index contributed by atoms with van der Waals surface area (Å²) >= 11 is 0. The summed E-state index contributed by atoms with van der Waals surface area (Å²) in [5, 5.41) is 33.3. The molecule has 0 amide bonds. The summed E-state index contributed by atoms with van der Waals surface area (Å²) in [5.41, 5.74) is 0. The van der Waals surface area contributed by atoms with Crippen LogP contribution in [-0.4, -0.2) is 45.8 Å². The highest BCUT2D eigenvalue weighted by Gasteiger charge is 1.92. The maximum atomic E-state index is 8.57. The van der Waals surface area contributed by atoms with E-state index in [0.717, 1.165) is 0 Å². The molecule has 0 aliphatic heterocycles. The van der Waals surface area contributed by atoms with E-state index in [-0.39, 0.29) is 19.3 Å². The van der Waals surface area contributed by atoms with Crippen LogP contribution in [0.3, 0.4) is 0 Å². The first-order valence-electron chi connectivity index (χ1n) is 4.66. The molecule has 0 aromatic carbocycles. The first-order chi connectivity index (χ1) is 6.08. The van der Waals surface area contributed by atoms with Gasteiger partial charge in [-0.1, -0.05) is 6.92 Å². The van der Waals surface area contributed by atoms with Crippen LogP contribution >= 0.6 is 0 Å². The summed E-state index contributed by atoms with van der Waals surface area (Å²) in [5.74, 6) is 0. The Morgan fingerprint density at radius 1 is 1.15 bits per heavy atom. The van der Waals surface area contributed by atoms with E-state index in [1.54, 1.807) is 6.92 Å². The van der Waals surface area contributed by atoms with Crippen molar-refractivity contribution in [3.63, 3.8) is 0 Å². The van der Waals surface area contributed by atoms with Gasteiger partial charge < -0.3 is 20.4 Å². The Kier molecular flexibility index (Phi) is 14.0. The van der Waals surface area contributed by atoms with Gasteiger partial charge in [-0.25, -0.2) is 0 Å². The smallest absolute Gasteiger partial charge is 0.0768 e. The summed E-state index contributed by atoms with van der Waals surface area (Å²) in [6, 6.07) is 0. The van der Waals surface area contributed by atoms with E-state index < -0.39 is 6.10 Å². The van der Waals surface area contributed by atoms with Gasteiger partial charge in [0, 0.05) is 6.61 Å². The van der Waals surface area contributed by atoms with Crippen LogP contribution in [0.15, 0.2) is 0 Å². The fraction of sp³-hybridized carbons (Fsp3) is 1.00. The van der Waals surface area contributed by atoms with Crippen molar-refractivity contribution < 1.29 is 20.4 Å². The fourth-order valence-electron chi connectivity index (χ4n) is 0.516. The summed E-state index contributed by atoms with van der Waals surface area (Å²) in [6.45, 7) is 3.61. The van der Waals surface area contributed by atoms with E-state index in [4.69, 9.17) is 20.4 Å². The Balaban J connectivity index is 0. The van der Waals surface area contributed by atoms with Gasteiger partial charge in [0.25, 0.3) is 0 Å². The van der Waals surface area contributed by atoms with Gasteiger partial charge in [-0.2, -0.15) is 0 Å². The molecule has 4 N–H and O–H groups in total. The van der Waals surface area contributed by atoms with Crippen LogP contribution in [0.5, 0.6) is 0 Å². The second kappa shape index (κ2) is 11.8. The normalized spacial score (nSPS) is 14.3. The van der Waals surface area contributed by atoms with Crippen molar-refractivity contribution in [2.24, 2.45) is 0 Å². The van der Waals surface area contributed by atoms with Crippen molar-refractivity contribution >= 4 is 0 Å². The molecule has 4 nitrogen and oxygen atoms in total. The summed E-state index contributed by atoms with van der Waals surface area (Å²) in [4.78, 5) is 0. The van der Waals surface area contributed by atoms with Gasteiger partial charge in [0.1, 0.15) is 0 Å². The second-order valence-electron chi connectivity index (χ2n) is 2.96. The third-order valence-electron chi connectivity index (χ3n) is 1.46. The molecule has 82 valence electrons. The molecule has 0 aliphatic rings. The first-order valence-corrected chi connectivity index (χ1v) is 4.66. The van der Waals surface area contributed by atoms with Gasteiger partial charge in [-0.05, 0) is 26.2 Å². The predicted molar refractivity (Wildman–Crippen MR) is 51.4 cm³/mol. The van der Waals surface area contributed by atoms with Crippen molar-refractivity contribution in [1.29, 1.82) is 0 Å². The Morgan fingerprint density at radius 2 is 1.69 bits per heavy atom. The molecule has 2 unspecified atom stereocenters. The lowest BCUT2D eigenvalue weighted by molar-refractivity contribution is 0.0923. The van der Waals surface area contributed by atoms with Crippen LogP contribution < -0.4 is 0 Å². The Morgan fingerprint density at radius 3 is 1.77 bits per heavy atom. The predicted octanol–water partition coefficient (Wildman–Crippen LogP) is -0.111. The van der Waals surface area contributed by atoms with E-state index in [1.807, 2.05) is 6.92 Å². The van der Waals surface area contributed by atoms with Crippen molar-refractivity contribution in [2.75, 3.05) is 13.2 Å². The zero-order valence-corrected chi connectivity index (χ0v) is 8.48. The molecule has 0 heterocycles. The molecule has 0 spiro atoms. The number of aliphatic hydroxyl groups excluding tert-OH is 4. The molecule has 0 saturated heterocycles. The molecular formula is C9H22O4. The van der Waals surface area contributed by atoms with E-state index in [1.165, 1.54) is 0 Å². The topological polar surface area (TPSA) is 80.9 Å². The van der Waals surface area contributed by atoms with E-state index >= 15 is 0 Å². The molecule has 0 rings (SSSR count). The number of rotatable bonds is 5. The highest BCUT2D eigenvalue weighted by Crippen LogP contribution is 1.92. The maximum absolute atomic E-state index is 8.57. The lowest BCUT2D eigenvalue weighted by Gasteiger charge is -1.98. The van der Waals surface area contributed by atoms with E-state index in [2.05, 4.69) is 0 Å². The molecule has 0 aromatic rings. The molecule has 13 heavy (non-hydrogen) atoms. The quantitative estimate of drug-likeness (QED) is 0.492. The molecule has 0 bridgehead atoms. The third kappa shape index (κ3) is 18.7. The zero-order valence-electron chi connectivity index (χ0n) is 8.48. The standard InChI is InChI=1S/C5H12O2.C4H10O2/c1-5(7)3-2-4-6;1-2-4(6)3-5/h5-7H,2-4H2,1H3;4-6H,2-3H2,1H3. The van der Waals surface area contributed by atoms with Gasteiger partial charge in [0.15, 0.2) is 0 Å². The van der Waals surface area contributed by atoms with Gasteiger partial charge in [-0.3, -0.25) is 0 Å². The minimum Gasteiger partial charge on any atom is -0.396 e. The van der Waals surface area contributed by atoms with Crippen molar-refractivity contribution in [2.45, 2.75) is 45.3 Å². The summed E-state index contributed by atoms with van der Waals surface area (Å²) in [7, 11) is 0. The molecule has 0 saturated carbocycles. The largest absolute Gasteiger partial charge is 0.396 e. The van der Waals surface area contributed by atoms with Gasteiger partial charge in [0.2, 0.25) is 0 Å². The van der Waals surface area contributed by atoms with Crippen LogP contribution in [0, 0.1) is 0 Å². The second-order valence-corrected chi connectivity index (χ2v) is 2.96. The monoisotopic (exact) mass is 194 g/mol. The average Bonchev–Trinajstić information content (AvgIpc) is 2.14. The van der Waals surface area contributed by atoms with Crippen LogP contribution in [0.4, 0.5) is 0 Å². The molecular weight excluding hydrogens is 172 g/mol. The number of hydrogen-bond donors (Lipinski definition) is 4. The zero-order chi connectivity index (χ0) is 10.7. The maximum Gasteiger partial charge on any atom is 0.0768 e.